The Morgan fingerprint density at radius 1 is 1.17 bits per heavy atom. The van der Waals surface area contributed by atoms with Crippen LogP contribution in [0.4, 0.5) is 5.00 Å². The van der Waals surface area contributed by atoms with Gasteiger partial charge in [0.1, 0.15) is 5.00 Å². The van der Waals surface area contributed by atoms with Gasteiger partial charge in [0.05, 0.1) is 12.7 Å². The number of methoxy groups -OCH3 is 1. The summed E-state index contributed by atoms with van der Waals surface area (Å²) < 4.78 is 5.00. The molecule has 1 aromatic heterocycles. The first-order valence-electron chi connectivity index (χ1n) is 8.49. The summed E-state index contributed by atoms with van der Waals surface area (Å²) in [6, 6.07) is 0.458. The Bertz CT molecular complexity index is 592. The SMILES string of the molecule is COC(=O)c1c(NC(=S)NC2CCCCC2)sc2c1CCCC2. The third-order valence-electron chi connectivity index (χ3n) is 4.73. The van der Waals surface area contributed by atoms with Crippen LogP contribution in [0.2, 0.25) is 0 Å². The number of thiophene rings is 1. The van der Waals surface area contributed by atoms with E-state index in [1.165, 1.54) is 50.5 Å². The molecule has 1 aromatic rings. The lowest BCUT2D eigenvalue weighted by Gasteiger charge is -2.24. The molecule has 1 heterocycles. The van der Waals surface area contributed by atoms with Crippen molar-refractivity contribution in [1.82, 2.24) is 5.32 Å². The maximum absolute atomic E-state index is 12.2. The number of ether oxygens (including phenoxy) is 1. The fraction of sp³-hybridized carbons (Fsp3) is 0.647. The van der Waals surface area contributed by atoms with Crippen molar-refractivity contribution in [2.45, 2.75) is 63.8 Å². The molecule has 2 aliphatic rings. The monoisotopic (exact) mass is 352 g/mol. The zero-order valence-electron chi connectivity index (χ0n) is 13.6. The van der Waals surface area contributed by atoms with Crippen LogP contribution in [0.1, 0.15) is 65.7 Å². The summed E-state index contributed by atoms with van der Waals surface area (Å²) >= 11 is 7.13. The number of aryl methyl sites for hydroxylation is 1. The molecule has 1 fully saturated rings. The average molecular weight is 353 g/mol. The predicted octanol–water partition coefficient (Wildman–Crippen LogP) is 4.03. The molecule has 23 heavy (non-hydrogen) atoms. The van der Waals surface area contributed by atoms with Gasteiger partial charge >= 0.3 is 5.97 Å². The van der Waals surface area contributed by atoms with Crippen LogP contribution in [0.15, 0.2) is 0 Å². The second kappa shape index (κ2) is 7.62. The summed E-state index contributed by atoms with van der Waals surface area (Å²) in [5.41, 5.74) is 1.86. The van der Waals surface area contributed by atoms with E-state index in [1.807, 2.05) is 0 Å². The van der Waals surface area contributed by atoms with Gasteiger partial charge in [-0.25, -0.2) is 4.79 Å². The molecule has 0 unspecified atom stereocenters. The highest BCUT2D eigenvalue weighted by Gasteiger charge is 2.26. The van der Waals surface area contributed by atoms with Crippen LogP contribution >= 0.6 is 23.6 Å². The fourth-order valence-electron chi connectivity index (χ4n) is 3.54. The third-order valence-corrected chi connectivity index (χ3v) is 6.16. The summed E-state index contributed by atoms with van der Waals surface area (Å²) in [7, 11) is 1.44. The molecule has 6 heteroatoms. The normalized spacial score (nSPS) is 18.1. The first kappa shape index (κ1) is 16.7. The number of thiocarbonyl (C=S) groups is 1. The number of anilines is 1. The highest BCUT2D eigenvalue weighted by atomic mass is 32.1. The van der Waals surface area contributed by atoms with E-state index < -0.39 is 0 Å². The number of hydrogen-bond acceptors (Lipinski definition) is 4. The van der Waals surface area contributed by atoms with Crippen LogP contribution in [0.25, 0.3) is 0 Å². The van der Waals surface area contributed by atoms with Crippen LogP contribution in [0, 0.1) is 0 Å². The third kappa shape index (κ3) is 3.86. The Morgan fingerprint density at radius 3 is 2.65 bits per heavy atom. The van der Waals surface area contributed by atoms with Gasteiger partial charge in [-0.15, -0.1) is 11.3 Å². The van der Waals surface area contributed by atoms with Gasteiger partial charge < -0.3 is 15.4 Å². The number of esters is 1. The topological polar surface area (TPSA) is 50.4 Å². The molecule has 0 aliphatic heterocycles. The minimum Gasteiger partial charge on any atom is -0.465 e. The fourth-order valence-corrected chi connectivity index (χ4v) is 5.16. The van der Waals surface area contributed by atoms with E-state index in [2.05, 4.69) is 10.6 Å². The standard InChI is InChI=1S/C17H24N2O2S2/c1-21-16(20)14-12-9-5-6-10-13(12)23-15(14)19-17(22)18-11-7-3-2-4-8-11/h11H,2-10H2,1H3,(H2,18,19,22). The first-order valence-corrected chi connectivity index (χ1v) is 9.72. The van der Waals surface area contributed by atoms with Gasteiger partial charge in [0.2, 0.25) is 0 Å². The van der Waals surface area contributed by atoms with E-state index in [1.54, 1.807) is 11.3 Å². The van der Waals surface area contributed by atoms with Crippen molar-refractivity contribution in [3.63, 3.8) is 0 Å². The van der Waals surface area contributed by atoms with Crippen molar-refractivity contribution in [2.24, 2.45) is 0 Å². The highest BCUT2D eigenvalue weighted by molar-refractivity contribution is 7.80. The summed E-state index contributed by atoms with van der Waals surface area (Å²) in [5, 5.41) is 8.15. The Morgan fingerprint density at radius 2 is 1.91 bits per heavy atom. The van der Waals surface area contributed by atoms with Crippen molar-refractivity contribution < 1.29 is 9.53 Å². The lowest BCUT2D eigenvalue weighted by molar-refractivity contribution is 0.0601. The van der Waals surface area contributed by atoms with Gasteiger partial charge in [-0.2, -0.15) is 0 Å². The van der Waals surface area contributed by atoms with Crippen LogP contribution < -0.4 is 10.6 Å². The Balaban J connectivity index is 1.74. The predicted molar refractivity (Wildman–Crippen MR) is 98.5 cm³/mol. The molecule has 0 bridgehead atoms. The van der Waals surface area contributed by atoms with E-state index in [4.69, 9.17) is 17.0 Å². The average Bonchev–Trinajstić information content (AvgIpc) is 2.92. The molecule has 3 rings (SSSR count). The van der Waals surface area contributed by atoms with Crippen molar-refractivity contribution in [1.29, 1.82) is 0 Å². The number of carbonyl (C=O) groups excluding carboxylic acids is 1. The highest BCUT2D eigenvalue weighted by Crippen LogP contribution is 2.38. The maximum atomic E-state index is 12.2. The van der Waals surface area contributed by atoms with Crippen LogP contribution in [0.3, 0.4) is 0 Å². The molecule has 0 atom stereocenters. The minimum atomic E-state index is -0.257. The number of fused-ring (bicyclic) bond motifs is 1. The smallest absolute Gasteiger partial charge is 0.341 e. The molecule has 0 spiro atoms. The van der Waals surface area contributed by atoms with Crippen molar-refractivity contribution in [3.05, 3.63) is 16.0 Å². The molecule has 2 N–H and O–H groups in total. The number of rotatable bonds is 3. The van der Waals surface area contributed by atoms with Crippen molar-refractivity contribution in [2.75, 3.05) is 12.4 Å². The van der Waals surface area contributed by atoms with Gasteiger partial charge in [-0.1, -0.05) is 19.3 Å². The molecular formula is C17H24N2O2S2. The number of nitrogens with one attached hydrogen (secondary N) is 2. The quantitative estimate of drug-likeness (QED) is 0.635. The van der Waals surface area contributed by atoms with Gasteiger partial charge in [0.25, 0.3) is 0 Å². The van der Waals surface area contributed by atoms with E-state index in [0.717, 1.165) is 29.8 Å². The van der Waals surface area contributed by atoms with Crippen LogP contribution in [0.5, 0.6) is 0 Å². The molecular weight excluding hydrogens is 328 g/mol. The van der Waals surface area contributed by atoms with Gasteiger partial charge in [-0.05, 0) is 56.3 Å². The van der Waals surface area contributed by atoms with Crippen molar-refractivity contribution in [3.8, 4) is 0 Å². The zero-order valence-corrected chi connectivity index (χ0v) is 15.2. The molecule has 2 aliphatic carbocycles. The van der Waals surface area contributed by atoms with E-state index in [0.29, 0.717) is 16.7 Å². The Labute approximate surface area is 147 Å². The van der Waals surface area contributed by atoms with Crippen molar-refractivity contribution >= 4 is 39.6 Å². The Hall–Kier alpha value is -1.14. The van der Waals surface area contributed by atoms with Crippen LogP contribution in [-0.4, -0.2) is 24.2 Å². The lowest BCUT2D eigenvalue weighted by atomic mass is 9.95. The van der Waals surface area contributed by atoms with E-state index >= 15 is 0 Å². The molecule has 4 nitrogen and oxygen atoms in total. The van der Waals surface area contributed by atoms with Gasteiger partial charge in [-0.3, -0.25) is 0 Å². The van der Waals surface area contributed by atoms with E-state index in [9.17, 15) is 4.79 Å². The molecule has 0 aromatic carbocycles. The molecule has 0 radical (unpaired) electrons. The first-order chi connectivity index (χ1) is 11.2. The summed E-state index contributed by atoms with van der Waals surface area (Å²) in [5.74, 6) is -0.257. The summed E-state index contributed by atoms with van der Waals surface area (Å²) in [4.78, 5) is 13.5. The molecule has 0 saturated heterocycles. The Kier molecular flexibility index (Phi) is 5.54. The number of carbonyl (C=O) groups is 1. The maximum Gasteiger partial charge on any atom is 0.341 e. The van der Waals surface area contributed by atoms with Gasteiger partial charge in [0.15, 0.2) is 5.11 Å². The summed E-state index contributed by atoms with van der Waals surface area (Å²) in [6.07, 6.45) is 10.5. The molecule has 126 valence electrons. The molecule has 1 saturated carbocycles. The zero-order chi connectivity index (χ0) is 16.2. The number of hydrogen-bond donors (Lipinski definition) is 2. The molecule has 0 amide bonds. The summed E-state index contributed by atoms with van der Waals surface area (Å²) in [6.45, 7) is 0. The largest absolute Gasteiger partial charge is 0.465 e. The second-order valence-corrected chi connectivity index (χ2v) is 7.85. The van der Waals surface area contributed by atoms with E-state index in [-0.39, 0.29) is 5.97 Å². The second-order valence-electron chi connectivity index (χ2n) is 6.34. The minimum absolute atomic E-state index is 0.257. The lowest BCUT2D eigenvalue weighted by Crippen LogP contribution is -2.38. The van der Waals surface area contributed by atoms with Crippen LogP contribution in [-0.2, 0) is 17.6 Å². The van der Waals surface area contributed by atoms with Gasteiger partial charge in [0, 0.05) is 10.9 Å².